The van der Waals surface area contributed by atoms with Crippen molar-refractivity contribution in [2.24, 2.45) is 5.41 Å². The minimum atomic E-state index is -1.02. The van der Waals surface area contributed by atoms with E-state index in [0.29, 0.717) is 37.9 Å². The first-order valence-corrected chi connectivity index (χ1v) is 21.2. The first kappa shape index (κ1) is 46.5. The number of carbonyl (C=O) groups excluding carboxylic acids is 4. The summed E-state index contributed by atoms with van der Waals surface area (Å²) in [6.45, 7) is 14.1. The third-order valence-electron chi connectivity index (χ3n) is 11.3. The number of anilines is 1. The summed E-state index contributed by atoms with van der Waals surface area (Å²) in [6.07, 6.45) is 4.02. The smallest absolute Gasteiger partial charge is 0.252 e. The van der Waals surface area contributed by atoms with Crippen molar-refractivity contribution < 1.29 is 24.3 Å². The average molecular weight is 841 g/mol. The molecule has 3 atom stereocenters. The number of thiazole rings is 1. The average Bonchev–Trinajstić information content (AvgIpc) is 3.83. The Hall–Kier alpha value is -4.15. The number of nitrogens with zero attached hydrogens (tertiary/aromatic N) is 5. The second kappa shape index (κ2) is 22.3. The molecule has 3 aromatic rings. The Kier molecular flexibility index (Phi) is 17.9. The highest BCUT2D eigenvalue weighted by atomic mass is 35.5. The molecule has 2 aliphatic heterocycles. The van der Waals surface area contributed by atoms with Crippen LogP contribution in [0.15, 0.2) is 48.1 Å². The van der Waals surface area contributed by atoms with Crippen molar-refractivity contribution in [1.29, 1.82) is 0 Å². The Balaban J connectivity index is 0.00000744. The van der Waals surface area contributed by atoms with Gasteiger partial charge in [-0.1, -0.05) is 30.7 Å². The quantitative estimate of drug-likeness (QED) is 0.113. The van der Waals surface area contributed by atoms with Crippen molar-refractivity contribution in [3.63, 3.8) is 0 Å². The number of aromatic nitrogens is 2. The van der Waals surface area contributed by atoms with Crippen LogP contribution in [-0.2, 0) is 20.8 Å². The van der Waals surface area contributed by atoms with Crippen LogP contribution in [-0.4, -0.2) is 133 Å². The van der Waals surface area contributed by atoms with E-state index in [1.54, 1.807) is 38.3 Å². The molecule has 5 rings (SSSR count). The summed E-state index contributed by atoms with van der Waals surface area (Å²) in [4.78, 5) is 68.9. The standard InChI is InChI=1S/C42H61N9O5S.ClH/c1-29-38(57-28-47-29)32-12-10-31(11-13-32)16-18-45-40(55)35-25-34(52)27-51(35)41(56)42(3,4)30(2)48-37(53)9-7-6-8-17-44-39(54)33-14-15-36(46-26-33)50-23-21-49(22-24-50)20-19-43-5;/h10-15,26,28,30,34-35,43,52H,6-9,16-25,27H2,1-5H3,(H,44,54)(H,45,55)(H,48,53);1H/t30-,34+,35-;/m0./s1. The van der Waals surface area contributed by atoms with E-state index < -0.39 is 23.6 Å². The van der Waals surface area contributed by atoms with Gasteiger partial charge >= 0.3 is 0 Å². The molecule has 2 fully saturated rings. The van der Waals surface area contributed by atoms with Gasteiger partial charge in [0.1, 0.15) is 11.9 Å². The van der Waals surface area contributed by atoms with Crippen molar-refractivity contribution in [3.8, 4) is 10.4 Å². The van der Waals surface area contributed by atoms with Gasteiger partial charge in [0.05, 0.1) is 33.2 Å². The van der Waals surface area contributed by atoms with Crippen molar-refractivity contribution in [2.45, 2.75) is 84.4 Å². The summed E-state index contributed by atoms with van der Waals surface area (Å²) in [5, 5.41) is 22.6. The van der Waals surface area contributed by atoms with E-state index in [4.69, 9.17) is 0 Å². The lowest BCUT2D eigenvalue weighted by atomic mass is 9.83. The molecule has 318 valence electrons. The molecule has 0 spiro atoms. The topological polar surface area (TPSA) is 172 Å². The molecule has 0 unspecified atom stereocenters. The molecule has 0 saturated carbocycles. The molecule has 2 aromatic heterocycles. The van der Waals surface area contributed by atoms with E-state index in [2.05, 4.69) is 53.2 Å². The molecule has 14 nitrogen and oxygen atoms in total. The van der Waals surface area contributed by atoms with Gasteiger partial charge in [-0.05, 0) is 77.3 Å². The lowest BCUT2D eigenvalue weighted by molar-refractivity contribution is -0.147. The minimum Gasteiger partial charge on any atom is -0.391 e. The number of carbonyl (C=O) groups is 4. The summed E-state index contributed by atoms with van der Waals surface area (Å²) in [5.41, 5.74) is 4.53. The summed E-state index contributed by atoms with van der Waals surface area (Å²) in [7, 11) is 1.97. The monoisotopic (exact) mass is 839 g/mol. The maximum Gasteiger partial charge on any atom is 0.252 e. The predicted molar refractivity (Wildman–Crippen MR) is 231 cm³/mol. The fourth-order valence-corrected chi connectivity index (χ4v) is 8.07. The van der Waals surface area contributed by atoms with Crippen molar-refractivity contribution in [1.82, 2.24) is 41.0 Å². The maximum atomic E-state index is 13.9. The highest BCUT2D eigenvalue weighted by molar-refractivity contribution is 7.13. The largest absolute Gasteiger partial charge is 0.391 e. The number of nitrogens with one attached hydrogen (secondary N) is 4. The predicted octanol–water partition coefficient (Wildman–Crippen LogP) is 3.42. The number of hydrogen-bond donors (Lipinski definition) is 5. The number of β-amino-alcohol motifs (C(OH)–C–C–N with tert-alkyl or cyclic N) is 1. The number of likely N-dealkylation sites (N-methyl/N-ethyl adjacent to an activating group) is 1. The molecule has 58 heavy (non-hydrogen) atoms. The highest BCUT2D eigenvalue weighted by Gasteiger charge is 2.46. The Bertz CT molecular complexity index is 1780. The molecular weight excluding hydrogens is 778 g/mol. The fourth-order valence-electron chi connectivity index (χ4n) is 7.26. The molecule has 0 bridgehead atoms. The van der Waals surface area contributed by atoms with Crippen LogP contribution in [0.4, 0.5) is 5.82 Å². The number of piperazine rings is 1. The van der Waals surface area contributed by atoms with E-state index in [9.17, 15) is 24.3 Å². The molecule has 2 aliphatic rings. The Morgan fingerprint density at radius 2 is 1.69 bits per heavy atom. The van der Waals surface area contributed by atoms with E-state index in [1.807, 2.05) is 43.7 Å². The first-order chi connectivity index (χ1) is 27.4. The van der Waals surface area contributed by atoms with Crippen LogP contribution in [0.3, 0.4) is 0 Å². The Morgan fingerprint density at radius 1 is 0.948 bits per heavy atom. The van der Waals surface area contributed by atoms with Gasteiger partial charge in [-0.25, -0.2) is 9.97 Å². The highest BCUT2D eigenvalue weighted by Crippen LogP contribution is 2.30. The Labute approximate surface area is 353 Å². The van der Waals surface area contributed by atoms with Gasteiger partial charge < -0.3 is 36.2 Å². The molecule has 4 amide bonds. The third kappa shape index (κ3) is 12.7. The molecule has 16 heteroatoms. The van der Waals surface area contributed by atoms with Crippen LogP contribution >= 0.6 is 23.7 Å². The van der Waals surface area contributed by atoms with Crippen LogP contribution in [0, 0.1) is 12.3 Å². The van der Waals surface area contributed by atoms with Crippen molar-refractivity contribution >= 4 is 53.2 Å². The molecule has 2 saturated heterocycles. The zero-order chi connectivity index (χ0) is 41.0. The number of halogens is 1. The van der Waals surface area contributed by atoms with Crippen LogP contribution in [0.5, 0.6) is 0 Å². The summed E-state index contributed by atoms with van der Waals surface area (Å²) in [5.74, 6) is -0.0342. The van der Waals surface area contributed by atoms with Gasteiger partial charge in [-0.2, -0.15) is 0 Å². The van der Waals surface area contributed by atoms with Gasteiger partial charge in [0.2, 0.25) is 17.7 Å². The van der Waals surface area contributed by atoms with E-state index in [-0.39, 0.29) is 49.0 Å². The Morgan fingerprint density at radius 3 is 2.34 bits per heavy atom. The molecule has 0 radical (unpaired) electrons. The number of likely N-dealkylation sites (tertiary alicyclic amines) is 1. The van der Waals surface area contributed by atoms with Crippen LogP contribution in [0.25, 0.3) is 10.4 Å². The van der Waals surface area contributed by atoms with Gasteiger partial charge in [-0.15, -0.1) is 23.7 Å². The number of aliphatic hydroxyl groups excluding tert-OH is 1. The van der Waals surface area contributed by atoms with E-state index >= 15 is 0 Å². The van der Waals surface area contributed by atoms with Crippen molar-refractivity contribution in [3.05, 3.63) is 64.9 Å². The zero-order valence-electron chi connectivity index (χ0n) is 34.6. The first-order valence-electron chi connectivity index (χ1n) is 20.3. The van der Waals surface area contributed by atoms with Gasteiger partial charge in [-0.3, -0.25) is 24.1 Å². The summed E-state index contributed by atoms with van der Waals surface area (Å²) < 4.78 is 0. The number of rotatable bonds is 19. The van der Waals surface area contributed by atoms with E-state index in [1.165, 1.54) is 4.90 Å². The second-order valence-electron chi connectivity index (χ2n) is 15.8. The van der Waals surface area contributed by atoms with Crippen LogP contribution in [0.1, 0.15) is 74.5 Å². The maximum absolute atomic E-state index is 13.9. The number of aliphatic hydroxyl groups is 1. The molecule has 0 aliphatic carbocycles. The number of unbranched alkanes of at least 4 members (excludes halogenated alkanes) is 2. The van der Waals surface area contributed by atoms with Gasteiger partial charge in [0, 0.05) is 84.0 Å². The van der Waals surface area contributed by atoms with Crippen LogP contribution in [0.2, 0.25) is 0 Å². The van der Waals surface area contributed by atoms with Crippen LogP contribution < -0.4 is 26.2 Å². The zero-order valence-corrected chi connectivity index (χ0v) is 36.2. The van der Waals surface area contributed by atoms with Gasteiger partial charge in [0.15, 0.2) is 0 Å². The lowest BCUT2D eigenvalue weighted by Gasteiger charge is -2.36. The van der Waals surface area contributed by atoms with Crippen molar-refractivity contribution in [2.75, 3.05) is 70.9 Å². The van der Waals surface area contributed by atoms with Gasteiger partial charge in [0.25, 0.3) is 5.91 Å². The third-order valence-corrected chi connectivity index (χ3v) is 12.3. The number of amides is 4. The normalized spacial score (nSPS) is 17.7. The SMILES string of the molecule is CNCCN1CCN(c2ccc(C(=O)NCCCCCC(=O)N[C@@H](C)C(C)(C)C(=O)N3C[C@H](O)C[C@H]3C(=O)NCCc3ccc(-c4scnc4C)cc3)cn2)CC1.Cl. The molecule has 5 N–H and O–H groups in total. The lowest BCUT2D eigenvalue weighted by Crippen LogP contribution is -2.55. The summed E-state index contributed by atoms with van der Waals surface area (Å²) >= 11 is 1.61. The molecule has 4 heterocycles. The second-order valence-corrected chi connectivity index (χ2v) is 16.6. The molecular formula is C42H62ClN9O5S. The number of pyridine rings is 1. The minimum absolute atomic E-state index is 0. The molecule has 1 aromatic carbocycles. The number of aryl methyl sites for hydroxylation is 1. The summed E-state index contributed by atoms with van der Waals surface area (Å²) in [6, 6.07) is 10.6. The number of benzene rings is 1. The fraction of sp³-hybridized carbons (Fsp3) is 0.571. The number of hydrogen-bond acceptors (Lipinski definition) is 11. The van der Waals surface area contributed by atoms with E-state index in [0.717, 1.165) is 79.6 Å².